The number of hydrogen-bond donors (Lipinski definition) is 2. The standard InChI is InChI=1S/C17H16N4OS2/c1-11-2-4-13(5-3-11)20-21-14-8-6-12(7-9-14)18-10-15-16(22)19-17(23)24-15/h2-9,15,18H,10H2,1H3,(H,19,22,23)/t15-/m0/s1. The lowest BCUT2D eigenvalue weighted by Crippen LogP contribution is -2.28. The number of aryl methyl sites for hydroxylation is 1. The summed E-state index contributed by atoms with van der Waals surface area (Å²) in [4.78, 5) is 11.6. The van der Waals surface area contributed by atoms with Gasteiger partial charge in [-0.25, -0.2) is 0 Å². The molecule has 2 aromatic rings. The number of anilines is 1. The zero-order valence-corrected chi connectivity index (χ0v) is 14.7. The summed E-state index contributed by atoms with van der Waals surface area (Å²) >= 11 is 6.36. The number of carbonyl (C=O) groups is 1. The van der Waals surface area contributed by atoms with Gasteiger partial charge in [-0.3, -0.25) is 4.79 Å². The van der Waals surface area contributed by atoms with Crippen LogP contribution in [0.2, 0.25) is 0 Å². The summed E-state index contributed by atoms with van der Waals surface area (Å²) < 4.78 is 0.540. The highest BCUT2D eigenvalue weighted by Gasteiger charge is 2.28. The minimum Gasteiger partial charge on any atom is -0.383 e. The number of hydrogen-bond acceptors (Lipinski definition) is 6. The first-order chi connectivity index (χ1) is 11.6. The molecule has 1 aliphatic rings. The van der Waals surface area contributed by atoms with Gasteiger partial charge >= 0.3 is 0 Å². The molecular formula is C17H16N4OS2. The fourth-order valence-corrected chi connectivity index (χ4v) is 3.31. The van der Waals surface area contributed by atoms with Crippen LogP contribution in [0.25, 0.3) is 0 Å². The van der Waals surface area contributed by atoms with Gasteiger partial charge in [-0.1, -0.05) is 41.7 Å². The second-order valence-electron chi connectivity index (χ2n) is 5.35. The maximum Gasteiger partial charge on any atom is 0.240 e. The van der Waals surface area contributed by atoms with Gasteiger partial charge < -0.3 is 10.6 Å². The molecule has 2 N–H and O–H groups in total. The van der Waals surface area contributed by atoms with Crippen LogP contribution in [0.3, 0.4) is 0 Å². The third-order valence-electron chi connectivity index (χ3n) is 3.44. The topological polar surface area (TPSA) is 65.8 Å². The normalized spacial score (nSPS) is 17.3. The van der Waals surface area contributed by atoms with E-state index in [2.05, 4.69) is 20.9 Å². The van der Waals surface area contributed by atoms with E-state index >= 15 is 0 Å². The van der Waals surface area contributed by atoms with Crippen molar-refractivity contribution >= 4 is 51.3 Å². The van der Waals surface area contributed by atoms with E-state index in [1.807, 2.05) is 55.5 Å². The molecule has 1 amide bonds. The summed E-state index contributed by atoms with van der Waals surface area (Å²) in [5.74, 6) is -0.0407. The number of nitrogens with one attached hydrogen (secondary N) is 2. The molecule has 1 atom stereocenters. The van der Waals surface area contributed by atoms with Crippen molar-refractivity contribution < 1.29 is 4.79 Å². The molecule has 2 aromatic carbocycles. The lowest BCUT2D eigenvalue weighted by atomic mass is 10.2. The fourth-order valence-electron chi connectivity index (χ4n) is 2.11. The van der Waals surface area contributed by atoms with Gasteiger partial charge in [-0.05, 0) is 43.3 Å². The number of amides is 1. The number of thiocarbonyl (C=S) groups is 1. The Morgan fingerprint density at radius 1 is 1.08 bits per heavy atom. The molecule has 0 aliphatic carbocycles. The van der Waals surface area contributed by atoms with E-state index in [9.17, 15) is 4.79 Å². The largest absolute Gasteiger partial charge is 0.383 e. The maximum atomic E-state index is 11.6. The lowest BCUT2D eigenvalue weighted by molar-refractivity contribution is -0.118. The Labute approximate surface area is 149 Å². The molecule has 3 rings (SSSR count). The van der Waals surface area contributed by atoms with Crippen molar-refractivity contribution in [1.29, 1.82) is 0 Å². The average Bonchev–Trinajstić information content (AvgIpc) is 2.91. The first-order valence-corrected chi connectivity index (χ1v) is 8.73. The number of nitrogens with zero attached hydrogens (tertiary/aromatic N) is 2. The van der Waals surface area contributed by atoms with Crippen molar-refractivity contribution in [3.63, 3.8) is 0 Å². The number of carbonyl (C=O) groups excluding carboxylic acids is 1. The summed E-state index contributed by atoms with van der Waals surface area (Å²) in [6.45, 7) is 2.56. The van der Waals surface area contributed by atoms with E-state index in [1.54, 1.807) is 0 Å². The van der Waals surface area contributed by atoms with E-state index in [0.29, 0.717) is 10.9 Å². The van der Waals surface area contributed by atoms with Crippen molar-refractivity contribution in [3.05, 3.63) is 54.1 Å². The minimum atomic E-state index is -0.182. The number of rotatable bonds is 5. The predicted molar refractivity (Wildman–Crippen MR) is 102 cm³/mol. The molecule has 1 saturated heterocycles. The van der Waals surface area contributed by atoms with Crippen LogP contribution in [0.5, 0.6) is 0 Å². The molecule has 1 aliphatic heterocycles. The van der Waals surface area contributed by atoms with Crippen LogP contribution < -0.4 is 10.6 Å². The van der Waals surface area contributed by atoms with Crippen LogP contribution in [-0.2, 0) is 4.79 Å². The average molecular weight is 356 g/mol. The molecule has 1 fully saturated rings. The van der Waals surface area contributed by atoms with Gasteiger partial charge in [0.05, 0.1) is 11.4 Å². The van der Waals surface area contributed by atoms with E-state index in [0.717, 1.165) is 17.1 Å². The van der Waals surface area contributed by atoms with Crippen molar-refractivity contribution in [2.24, 2.45) is 10.2 Å². The van der Waals surface area contributed by atoms with Crippen molar-refractivity contribution in [3.8, 4) is 0 Å². The van der Waals surface area contributed by atoms with Crippen LogP contribution in [-0.4, -0.2) is 22.0 Å². The zero-order valence-electron chi connectivity index (χ0n) is 13.0. The van der Waals surface area contributed by atoms with Crippen LogP contribution in [0.4, 0.5) is 17.1 Å². The summed E-state index contributed by atoms with van der Waals surface area (Å²) in [5.41, 5.74) is 3.72. The minimum absolute atomic E-state index is 0.0407. The second-order valence-corrected chi connectivity index (χ2v) is 7.23. The molecule has 1 heterocycles. The van der Waals surface area contributed by atoms with Gasteiger partial charge in [0.1, 0.15) is 9.57 Å². The van der Waals surface area contributed by atoms with Gasteiger partial charge in [0.2, 0.25) is 5.91 Å². The zero-order chi connectivity index (χ0) is 16.9. The van der Waals surface area contributed by atoms with E-state index in [1.165, 1.54) is 17.3 Å². The second kappa shape index (κ2) is 7.55. The Kier molecular flexibility index (Phi) is 5.22. The molecule has 0 spiro atoms. The Bertz CT molecular complexity index is 772. The van der Waals surface area contributed by atoms with Gasteiger partial charge in [-0.15, -0.1) is 0 Å². The molecule has 0 unspecified atom stereocenters. The third kappa shape index (κ3) is 4.39. The summed E-state index contributed by atoms with van der Waals surface area (Å²) in [7, 11) is 0. The molecule has 5 nitrogen and oxygen atoms in total. The van der Waals surface area contributed by atoms with Crippen molar-refractivity contribution in [1.82, 2.24) is 5.32 Å². The Morgan fingerprint density at radius 3 is 2.21 bits per heavy atom. The van der Waals surface area contributed by atoms with Gasteiger partial charge in [0, 0.05) is 12.2 Å². The molecule has 0 aromatic heterocycles. The highest BCUT2D eigenvalue weighted by Crippen LogP contribution is 2.22. The lowest BCUT2D eigenvalue weighted by Gasteiger charge is -2.09. The molecule has 0 bridgehead atoms. The van der Waals surface area contributed by atoms with Crippen LogP contribution in [0, 0.1) is 6.92 Å². The molecule has 7 heteroatoms. The van der Waals surface area contributed by atoms with Crippen molar-refractivity contribution in [2.45, 2.75) is 12.2 Å². The van der Waals surface area contributed by atoms with Gasteiger partial charge in [0.25, 0.3) is 0 Å². The monoisotopic (exact) mass is 356 g/mol. The maximum absolute atomic E-state index is 11.6. The quantitative estimate of drug-likeness (QED) is 0.618. The summed E-state index contributed by atoms with van der Waals surface area (Å²) in [6.07, 6.45) is 0. The highest BCUT2D eigenvalue weighted by atomic mass is 32.2. The van der Waals surface area contributed by atoms with E-state index in [-0.39, 0.29) is 11.2 Å². The number of azo groups is 1. The summed E-state index contributed by atoms with van der Waals surface area (Å²) in [5, 5.41) is 14.1. The van der Waals surface area contributed by atoms with Crippen LogP contribution in [0.15, 0.2) is 58.8 Å². The molecular weight excluding hydrogens is 340 g/mol. The smallest absolute Gasteiger partial charge is 0.240 e. The predicted octanol–water partition coefficient (Wildman–Crippen LogP) is 4.34. The van der Waals surface area contributed by atoms with Crippen LogP contribution in [0.1, 0.15) is 5.56 Å². The SMILES string of the molecule is Cc1ccc(N=Nc2ccc(NC[C@@H]3SC(=S)NC3=O)cc2)cc1. The Hall–Kier alpha value is -2.25. The Balaban J connectivity index is 1.56. The molecule has 122 valence electrons. The number of thioether (sulfide) groups is 1. The fraction of sp³-hybridized carbons (Fsp3) is 0.176. The van der Waals surface area contributed by atoms with E-state index in [4.69, 9.17) is 12.2 Å². The first kappa shape index (κ1) is 16.6. The van der Waals surface area contributed by atoms with Crippen LogP contribution >= 0.6 is 24.0 Å². The van der Waals surface area contributed by atoms with Gasteiger partial charge in [0.15, 0.2) is 0 Å². The third-order valence-corrected chi connectivity index (χ3v) is 4.81. The Morgan fingerprint density at radius 2 is 1.67 bits per heavy atom. The summed E-state index contributed by atoms with van der Waals surface area (Å²) in [6, 6.07) is 15.5. The van der Waals surface area contributed by atoms with Crippen molar-refractivity contribution in [2.75, 3.05) is 11.9 Å². The van der Waals surface area contributed by atoms with Gasteiger partial charge in [-0.2, -0.15) is 10.2 Å². The number of benzene rings is 2. The molecule has 24 heavy (non-hydrogen) atoms. The first-order valence-electron chi connectivity index (χ1n) is 7.44. The molecule has 0 radical (unpaired) electrons. The highest BCUT2D eigenvalue weighted by molar-refractivity contribution is 8.24. The van der Waals surface area contributed by atoms with E-state index < -0.39 is 0 Å². The molecule has 0 saturated carbocycles.